The maximum atomic E-state index is 13.0. The Morgan fingerprint density at radius 3 is 2.05 bits per heavy atom. The van der Waals surface area contributed by atoms with Gasteiger partial charge >= 0.3 is 12.1 Å². The van der Waals surface area contributed by atoms with E-state index in [4.69, 9.17) is 14.6 Å². The van der Waals surface area contributed by atoms with Crippen molar-refractivity contribution in [2.24, 2.45) is 5.41 Å². The monoisotopic (exact) mass is 607 g/mol. The fourth-order valence-electron chi connectivity index (χ4n) is 5.15. The second kappa shape index (κ2) is 16.5. The summed E-state index contributed by atoms with van der Waals surface area (Å²) >= 11 is 0. The number of likely N-dealkylation sites (tertiary alicyclic amines) is 1. The molecule has 1 amide bonds. The van der Waals surface area contributed by atoms with Crippen molar-refractivity contribution in [1.82, 2.24) is 9.80 Å². The van der Waals surface area contributed by atoms with Gasteiger partial charge in [-0.1, -0.05) is 39.8 Å². The van der Waals surface area contributed by atoms with Crippen LogP contribution in [0.3, 0.4) is 0 Å². The number of aliphatic carboxylic acids is 1. The van der Waals surface area contributed by atoms with Gasteiger partial charge in [0.25, 0.3) is 5.91 Å². The molecule has 0 radical (unpaired) electrons. The van der Waals surface area contributed by atoms with Gasteiger partial charge in [-0.2, -0.15) is 13.2 Å². The summed E-state index contributed by atoms with van der Waals surface area (Å²) in [5.41, 5.74) is 4.89. The predicted molar refractivity (Wildman–Crippen MR) is 165 cm³/mol. The Kier molecular flexibility index (Phi) is 13.8. The van der Waals surface area contributed by atoms with E-state index in [-0.39, 0.29) is 5.91 Å². The van der Waals surface area contributed by atoms with Gasteiger partial charge in [0.1, 0.15) is 5.75 Å². The molecule has 0 atom stereocenters. The number of aryl methyl sites for hydroxylation is 2. The minimum absolute atomic E-state index is 0.158. The van der Waals surface area contributed by atoms with E-state index < -0.39 is 12.1 Å². The van der Waals surface area contributed by atoms with Crippen LogP contribution in [0.4, 0.5) is 18.9 Å². The van der Waals surface area contributed by atoms with Crippen LogP contribution in [0.5, 0.6) is 5.75 Å². The summed E-state index contributed by atoms with van der Waals surface area (Å²) in [6.45, 7) is 17.5. The second-order valence-electron chi connectivity index (χ2n) is 11.9. The topological polar surface area (TPSA) is 73.3 Å². The molecule has 7 nitrogen and oxygen atoms in total. The molecule has 240 valence electrons. The first-order chi connectivity index (χ1) is 20.2. The molecular weight excluding hydrogens is 559 g/mol. The van der Waals surface area contributed by atoms with Crippen LogP contribution in [-0.4, -0.2) is 85.9 Å². The first-order valence-corrected chi connectivity index (χ1v) is 15.0. The summed E-state index contributed by atoms with van der Waals surface area (Å²) in [7, 11) is 2.21. The van der Waals surface area contributed by atoms with Gasteiger partial charge in [-0.25, -0.2) is 4.79 Å². The largest absolute Gasteiger partial charge is 0.494 e. The molecule has 2 aromatic carbocycles. The maximum Gasteiger partial charge on any atom is 0.490 e. The van der Waals surface area contributed by atoms with Gasteiger partial charge in [-0.05, 0) is 93.1 Å². The van der Waals surface area contributed by atoms with Gasteiger partial charge < -0.3 is 24.5 Å². The minimum atomic E-state index is -5.08. The van der Waals surface area contributed by atoms with E-state index in [1.54, 1.807) is 0 Å². The lowest BCUT2D eigenvalue weighted by molar-refractivity contribution is -0.192. The van der Waals surface area contributed by atoms with Gasteiger partial charge in [-0.3, -0.25) is 4.79 Å². The molecule has 4 rings (SSSR count). The van der Waals surface area contributed by atoms with Crippen molar-refractivity contribution >= 4 is 17.6 Å². The predicted octanol–water partition coefficient (Wildman–Crippen LogP) is 6.68. The Hall–Kier alpha value is -3.27. The number of hydrogen-bond donors (Lipinski definition) is 1. The van der Waals surface area contributed by atoms with Crippen LogP contribution >= 0.6 is 0 Å². The summed E-state index contributed by atoms with van der Waals surface area (Å²) in [4.78, 5) is 28.6. The van der Waals surface area contributed by atoms with Crippen LogP contribution in [0.15, 0.2) is 42.5 Å². The average molecular weight is 608 g/mol. The SMILES string of the molecule is CCCOc1ccc(N2CCN(C(=O)c3cc(CC)ccc3C)CC2)cc1.CN1CCCC(C)(C)C1.O=C(O)C(F)(F)F. The quantitative estimate of drug-likeness (QED) is 0.395. The van der Waals surface area contributed by atoms with Crippen LogP contribution in [0, 0.1) is 12.3 Å². The third-order valence-electron chi connectivity index (χ3n) is 7.52. The zero-order valence-corrected chi connectivity index (χ0v) is 26.5. The zero-order valence-electron chi connectivity index (χ0n) is 26.5. The van der Waals surface area contributed by atoms with Crippen molar-refractivity contribution < 1.29 is 32.6 Å². The molecule has 0 aromatic heterocycles. The number of halogens is 3. The highest BCUT2D eigenvalue weighted by molar-refractivity contribution is 5.96. The average Bonchev–Trinajstić information content (AvgIpc) is 2.96. The minimum Gasteiger partial charge on any atom is -0.494 e. The lowest BCUT2D eigenvalue weighted by Crippen LogP contribution is -2.49. The van der Waals surface area contributed by atoms with Crippen LogP contribution in [0.1, 0.15) is 68.4 Å². The number of carbonyl (C=O) groups excluding carboxylic acids is 1. The van der Waals surface area contributed by atoms with E-state index in [2.05, 4.69) is 74.9 Å². The smallest absolute Gasteiger partial charge is 0.490 e. The number of benzene rings is 2. The molecule has 2 fully saturated rings. The normalized spacial score (nSPS) is 16.8. The molecule has 2 saturated heterocycles. The molecule has 0 spiro atoms. The lowest BCUT2D eigenvalue weighted by Gasteiger charge is -2.36. The molecule has 1 N–H and O–H groups in total. The number of carboxylic acid groups (broad SMARTS) is 1. The highest BCUT2D eigenvalue weighted by Gasteiger charge is 2.38. The molecule has 0 aliphatic carbocycles. The Labute approximate surface area is 254 Å². The number of ether oxygens (including phenoxy) is 1. The van der Waals surface area contributed by atoms with Crippen molar-refractivity contribution in [2.75, 3.05) is 57.8 Å². The summed E-state index contributed by atoms with van der Waals surface area (Å²) in [5.74, 6) is -1.68. The molecule has 2 heterocycles. The Balaban J connectivity index is 0.000000329. The van der Waals surface area contributed by atoms with E-state index in [1.807, 2.05) is 24.0 Å². The van der Waals surface area contributed by atoms with Crippen LogP contribution < -0.4 is 9.64 Å². The van der Waals surface area contributed by atoms with E-state index >= 15 is 0 Å². The van der Waals surface area contributed by atoms with E-state index in [0.717, 1.165) is 62.5 Å². The van der Waals surface area contributed by atoms with Crippen molar-refractivity contribution in [3.8, 4) is 5.75 Å². The Morgan fingerprint density at radius 2 is 1.58 bits per heavy atom. The second-order valence-corrected chi connectivity index (χ2v) is 11.9. The number of hydrogen-bond acceptors (Lipinski definition) is 5. The number of carboxylic acids is 1. The number of carbonyl (C=O) groups is 2. The first-order valence-electron chi connectivity index (χ1n) is 15.0. The molecule has 2 aliphatic heterocycles. The number of piperazine rings is 1. The summed E-state index contributed by atoms with van der Waals surface area (Å²) in [5, 5.41) is 7.12. The third-order valence-corrected chi connectivity index (χ3v) is 7.52. The number of rotatable bonds is 6. The van der Waals surface area contributed by atoms with Gasteiger partial charge in [0.2, 0.25) is 0 Å². The van der Waals surface area contributed by atoms with Gasteiger partial charge in [0.15, 0.2) is 0 Å². The highest BCUT2D eigenvalue weighted by Crippen LogP contribution is 2.27. The number of nitrogens with zero attached hydrogens (tertiary/aromatic N) is 3. The van der Waals surface area contributed by atoms with Crippen molar-refractivity contribution in [1.29, 1.82) is 0 Å². The van der Waals surface area contributed by atoms with Gasteiger partial charge in [0, 0.05) is 44.0 Å². The number of anilines is 1. The fraction of sp³-hybridized carbons (Fsp3) is 0.576. The van der Waals surface area contributed by atoms with Crippen molar-refractivity contribution in [3.05, 3.63) is 59.2 Å². The summed E-state index contributed by atoms with van der Waals surface area (Å²) in [6, 6.07) is 14.5. The van der Waals surface area contributed by atoms with Crippen molar-refractivity contribution in [3.63, 3.8) is 0 Å². The standard InChI is InChI=1S/C23H30N2O2.C8H17N.C2HF3O2/c1-4-16-27-21-10-8-20(9-11-21)24-12-14-25(15-13-24)23(26)22-17-19(5-2)7-6-18(22)3;1-8(2)5-4-6-9(3)7-8;3-2(4,5)1(6)7/h6-11,17H,4-5,12-16H2,1-3H3;4-7H2,1-3H3;(H,6,7). The molecule has 10 heteroatoms. The Bertz CT molecular complexity index is 1160. The summed E-state index contributed by atoms with van der Waals surface area (Å²) < 4.78 is 37.4. The lowest BCUT2D eigenvalue weighted by atomic mass is 9.84. The first kappa shape index (κ1) is 35.9. The molecule has 43 heavy (non-hydrogen) atoms. The number of piperidine rings is 1. The van der Waals surface area contributed by atoms with Crippen LogP contribution in [0.2, 0.25) is 0 Å². The molecule has 0 bridgehead atoms. The molecular formula is C33H48F3N3O4. The highest BCUT2D eigenvalue weighted by atomic mass is 19.4. The number of amides is 1. The van der Waals surface area contributed by atoms with E-state index in [9.17, 15) is 18.0 Å². The van der Waals surface area contributed by atoms with Crippen molar-refractivity contribution in [2.45, 2.75) is 66.5 Å². The van der Waals surface area contributed by atoms with Gasteiger partial charge in [-0.15, -0.1) is 0 Å². The molecule has 0 saturated carbocycles. The number of alkyl halides is 3. The van der Waals surface area contributed by atoms with Crippen LogP contribution in [-0.2, 0) is 11.2 Å². The van der Waals surface area contributed by atoms with E-state index in [0.29, 0.717) is 5.41 Å². The molecule has 2 aliphatic rings. The molecule has 0 unspecified atom stereocenters. The molecule has 2 aromatic rings. The third kappa shape index (κ3) is 12.1. The van der Waals surface area contributed by atoms with Crippen LogP contribution in [0.25, 0.3) is 0 Å². The maximum absolute atomic E-state index is 13.0. The van der Waals surface area contributed by atoms with E-state index in [1.165, 1.54) is 37.2 Å². The Morgan fingerprint density at radius 1 is 0.977 bits per heavy atom. The fourth-order valence-corrected chi connectivity index (χ4v) is 5.15. The summed E-state index contributed by atoms with van der Waals surface area (Å²) in [6.07, 6.45) is -0.342. The zero-order chi connectivity index (χ0) is 32.2. The van der Waals surface area contributed by atoms with Gasteiger partial charge in [0.05, 0.1) is 6.61 Å².